The number of likely N-dealkylation sites (tertiary alicyclic amines) is 1. The summed E-state index contributed by atoms with van der Waals surface area (Å²) < 4.78 is 28.7. The SMILES string of the molecule is CC1(C)[C@H]2CC[C@@]13CS(=O)(=O)N(C(=O)[C@H]1[C@@H]4C(=O)N(c5ccccc5)C(=O)[C@@H]4CN1Cc1ccccc1)[C@H]3C2. The molecule has 3 amide bonds. The van der Waals surface area contributed by atoms with Crippen LogP contribution in [0.25, 0.3) is 0 Å². The number of sulfonamides is 1. The fourth-order valence-electron chi connectivity index (χ4n) is 8.72. The number of carbonyl (C=O) groups excluding carboxylic acids is 3. The van der Waals surface area contributed by atoms with E-state index in [9.17, 15) is 22.8 Å². The van der Waals surface area contributed by atoms with Gasteiger partial charge in [-0.05, 0) is 48.3 Å². The molecule has 7 rings (SSSR count). The third-order valence-corrected chi connectivity index (χ3v) is 12.7. The van der Waals surface area contributed by atoms with Crippen LogP contribution in [0.15, 0.2) is 60.7 Å². The summed E-state index contributed by atoms with van der Waals surface area (Å²) in [5.74, 6) is -2.58. The van der Waals surface area contributed by atoms with Crippen molar-refractivity contribution in [2.75, 3.05) is 17.2 Å². The quantitative estimate of drug-likeness (QED) is 0.546. The van der Waals surface area contributed by atoms with Crippen molar-refractivity contribution in [1.82, 2.24) is 9.21 Å². The van der Waals surface area contributed by atoms with Gasteiger partial charge < -0.3 is 0 Å². The van der Waals surface area contributed by atoms with E-state index in [1.807, 2.05) is 41.3 Å². The van der Waals surface area contributed by atoms with E-state index in [4.69, 9.17) is 0 Å². The molecule has 0 N–H and O–H groups in total. The molecule has 0 unspecified atom stereocenters. The maximum Gasteiger partial charge on any atom is 0.254 e. The Balaban J connectivity index is 1.29. The first-order valence-corrected chi connectivity index (χ1v) is 15.4. The van der Waals surface area contributed by atoms with Crippen molar-refractivity contribution in [3.05, 3.63) is 66.2 Å². The van der Waals surface area contributed by atoms with Crippen molar-refractivity contribution in [2.24, 2.45) is 28.6 Å². The zero-order valence-corrected chi connectivity index (χ0v) is 23.0. The largest absolute Gasteiger partial charge is 0.286 e. The lowest BCUT2D eigenvalue weighted by Gasteiger charge is -2.38. The van der Waals surface area contributed by atoms with Gasteiger partial charge in [0.2, 0.25) is 21.8 Å². The number of fused-ring (bicyclic) bond motifs is 2. The highest BCUT2D eigenvalue weighted by molar-refractivity contribution is 7.90. The predicted molar refractivity (Wildman–Crippen MR) is 145 cm³/mol. The van der Waals surface area contributed by atoms with Crippen molar-refractivity contribution in [3.63, 3.8) is 0 Å². The van der Waals surface area contributed by atoms with Crippen LogP contribution >= 0.6 is 0 Å². The van der Waals surface area contributed by atoms with E-state index in [0.29, 0.717) is 24.6 Å². The van der Waals surface area contributed by atoms with Crippen LogP contribution in [0.1, 0.15) is 38.7 Å². The molecule has 0 radical (unpaired) electrons. The van der Waals surface area contributed by atoms with Crippen LogP contribution in [-0.2, 0) is 31.0 Å². The van der Waals surface area contributed by atoms with Gasteiger partial charge in [-0.3, -0.25) is 19.3 Å². The van der Waals surface area contributed by atoms with E-state index < -0.39 is 45.1 Å². The molecule has 3 aliphatic heterocycles. The summed E-state index contributed by atoms with van der Waals surface area (Å²) in [5.41, 5.74) is 0.785. The number of imide groups is 1. The average Bonchev–Trinajstić information content (AvgIpc) is 3.59. The van der Waals surface area contributed by atoms with Gasteiger partial charge in [-0.2, -0.15) is 0 Å². The molecule has 6 atom stereocenters. The number of para-hydroxylation sites is 1. The molecule has 1 spiro atoms. The Hall–Kier alpha value is -3.04. The maximum absolute atomic E-state index is 14.6. The average molecular weight is 548 g/mol. The summed E-state index contributed by atoms with van der Waals surface area (Å²) in [6, 6.07) is 16.9. The third kappa shape index (κ3) is 3.26. The van der Waals surface area contributed by atoms with E-state index in [-0.39, 0.29) is 29.7 Å². The molecule has 2 aromatic carbocycles. The van der Waals surface area contributed by atoms with Crippen LogP contribution in [0.2, 0.25) is 0 Å². The minimum absolute atomic E-state index is 0.0254. The van der Waals surface area contributed by atoms with E-state index in [0.717, 1.165) is 18.4 Å². The first-order valence-electron chi connectivity index (χ1n) is 13.8. The molecule has 39 heavy (non-hydrogen) atoms. The third-order valence-electron chi connectivity index (χ3n) is 10.8. The van der Waals surface area contributed by atoms with Gasteiger partial charge in [-0.25, -0.2) is 17.6 Å². The van der Waals surface area contributed by atoms with Gasteiger partial charge in [0.25, 0.3) is 5.91 Å². The highest BCUT2D eigenvalue weighted by atomic mass is 32.2. The van der Waals surface area contributed by atoms with Gasteiger partial charge in [0.05, 0.1) is 29.3 Å². The lowest BCUT2D eigenvalue weighted by molar-refractivity contribution is -0.138. The smallest absolute Gasteiger partial charge is 0.254 e. The lowest BCUT2D eigenvalue weighted by atomic mass is 9.69. The van der Waals surface area contributed by atoms with Crippen molar-refractivity contribution < 1.29 is 22.8 Å². The van der Waals surface area contributed by atoms with Gasteiger partial charge >= 0.3 is 0 Å². The number of benzene rings is 2. The fourth-order valence-corrected chi connectivity index (χ4v) is 11.3. The molecule has 2 saturated carbocycles. The van der Waals surface area contributed by atoms with Gasteiger partial charge in [-0.15, -0.1) is 0 Å². The van der Waals surface area contributed by atoms with E-state index in [1.54, 1.807) is 24.3 Å². The highest BCUT2D eigenvalue weighted by Crippen LogP contribution is 2.70. The summed E-state index contributed by atoms with van der Waals surface area (Å²) >= 11 is 0. The molecule has 2 aliphatic carbocycles. The van der Waals surface area contributed by atoms with Gasteiger partial charge in [-0.1, -0.05) is 62.4 Å². The van der Waals surface area contributed by atoms with Gasteiger partial charge in [0.15, 0.2) is 0 Å². The molecule has 8 nitrogen and oxygen atoms in total. The molecular formula is C30H33N3O5S. The number of anilines is 1. The van der Waals surface area contributed by atoms with Crippen LogP contribution in [0.4, 0.5) is 5.69 Å². The number of nitrogens with zero attached hydrogens (tertiary/aromatic N) is 3. The van der Waals surface area contributed by atoms with Crippen LogP contribution in [0, 0.1) is 28.6 Å². The van der Waals surface area contributed by atoms with E-state index >= 15 is 0 Å². The molecule has 2 bridgehead atoms. The fraction of sp³-hybridized carbons (Fsp3) is 0.500. The monoisotopic (exact) mass is 547 g/mol. The second-order valence-corrected chi connectivity index (χ2v) is 14.4. The number of hydrogen-bond donors (Lipinski definition) is 0. The van der Waals surface area contributed by atoms with Crippen LogP contribution in [0.3, 0.4) is 0 Å². The standard InChI is InChI=1S/C30H33N3O5S/c1-29(2)20-13-14-30(29)18-39(37,38)33(23(30)15-20)28(36)25-24-22(17-31(25)16-19-9-5-3-6-10-19)26(34)32(27(24)35)21-11-7-4-8-12-21/h3-12,20,22-25H,13-18H2,1-2H3/t20-,22+,23-,24+,25+,30-/m0/s1. The van der Waals surface area contributed by atoms with Gasteiger partial charge in [0, 0.05) is 18.5 Å². The summed E-state index contributed by atoms with van der Waals surface area (Å²) in [6.45, 7) is 4.88. The van der Waals surface area contributed by atoms with Crippen LogP contribution in [0.5, 0.6) is 0 Å². The van der Waals surface area contributed by atoms with Crippen LogP contribution < -0.4 is 4.90 Å². The molecule has 3 heterocycles. The number of carbonyl (C=O) groups is 3. The zero-order valence-electron chi connectivity index (χ0n) is 22.2. The normalized spacial score (nSPS) is 36.0. The van der Waals surface area contributed by atoms with Crippen molar-refractivity contribution >= 4 is 33.4 Å². The first kappa shape index (κ1) is 25.0. The Morgan fingerprint density at radius 1 is 0.974 bits per heavy atom. The highest BCUT2D eigenvalue weighted by Gasteiger charge is 2.73. The topological polar surface area (TPSA) is 95.1 Å². The molecule has 3 saturated heterocycles. The Kier molecular flexibility index (Phi) is 5.27. The maximum atomic E-state index is 14.6. The molecule has 5 aliphatic rings. The number of rotatable bonds is 4. The molecule has 9 heteroatoms. The Labute approximate surface area is 229 Å². The van der Waals surface area contributed by atoms with Crippen molar-refractivity contribution in [2.45, 2.75) is 51.7 Å². The summed E-state index contributed by atoms with van der Waals surface area (Å²) in [5, 5.41) is 0. The lowest BCUT2D eigenvalue weighted by Crippen LogP contribution is -2.54. The summed E-state index contributed by atoms with van der Waals surface area (Å²) in [6.07, 6.45) is 2.44. The minimum atomic E-state index is -3.87. The van der Waals surface area contributed by atoms with Gasteiger partial charge in [0.1, 0.15) is 6.04 Å². The molecule has 5 fully saturated rings. The number of hydrogen-bond acceptors (Lipinski definition) is 6. The minimum Gasteiger partial charge on any atom is -0.286 e. The van der Waals surface area contributed by atoms with E-state index in [2.05, 4.69) is 13.8 Å². The predicted octanol–water partition coefficient (Wildman–Crippen LogP) is 3.04. The summed E-state index contributed by atoms with van der Waals surface area (Å²) in [7, 11) is -3.87. The second-order valence-electron chi connectivity index (χ2n) is 12.6. The molecule has 204 valence electrons. The number of amides is 3. The van der Waals surface area contributed by atoms with Crippen LogP contribution in [-0.4, -0.2) is 59.7 Å². The molecule has 2 aromatic rings. The zero-order chi connectivity index (χ0) is 27.3. The Morgan fingerprint density at radius 2 is 1.64 bits per heavy atom. The molecular weight excluding hydrogens is 514 g/mol. The molecule has 0 aromatic heterocycles. The first-order chi connectivity index (χ1) is 18.6. The van der Waals surface area contributed by atoms with Crippen molar-refractivity contribution in [1.29, 1.82) is 0 Å². The summed E-state index contributed by atoms with van der Waals surface area (Å²) in [4.78, 5) is 45.1. The Morgan fingerprint density at radius 3 is 2.31 bits per heavy atom. The second kappa shape index (κ2) is 8.24. The van der Waals surface area contributed by atoms with Crippen molar-refractivity contribution in [3.8, 4) is 0 Å². The Bertz CT molecular complexity index is 1480. The van der Waals surface area contributed by atoms with E-state index in [1.165, 1.54) is 9.21 Å².